The van der Waals surface area contributed by atoms with E-state index in [9.17, 15) is 0 Å². The molecule has 6 nitrogen and oxygen atoms in total. The molecule has 7 aromatic carbocycles. The summed E-state index contributed by atoms with van der Waals surface area (Å²) < 4.78 is 7.84. The minimum atomic E-state index is -0.0467. The number of nitrogens with zero attached hydrogens (tertiary/aromatic N) is 6. The van der Waals surface area contributed by atoms with Crippen LogP contribution in [0.1, 0.15) is 78.0 Å². The van der Waals surface area contributed by atoms with Crippen LogP contribution in [-0.4, -0.2) is 30.8 Å². The van der Waals surface area contributed by atoms with Gasteiger partial charge in [-0.3, -0.25) is 9.97 Å². The standard InChI is InChI=1S/C71H57BN6S/c1-69(2,3)46-20-25-62-52(40-46)67-68(79-62)72-55-18-13-17-49-50-22-24-59-63(51-16-11-12-19-58(51)76(59)47-14-9-8-10-15-47)66(50)78(65(49)55)61-39-45(44-36-56(42-26-32-73-33-27-42)75-57(37-44)43-28-34-74-35-29-43)38-60(64(61)72)77(67)48-21-23-53-54(41-48)71(6,7)31-30-70(53,4)5/h8-29,32-41H,30-31H2,1-7H3. The third-order valence-electron chi connectivity index (χ3n) is 18.1. The molecule has 13 aromatic rings. The quantitative estimate of drug-likeness (QED) is 0.161. The van der Waals surface area contributed by atoms with E-state index < -0.39 is 0 Å². The molecule has 6 aromatic heterocycles. The number of hydrogen-bond acceptors (Lipinski definition) is 5. The minimum Gasteiger partial charge on any atom is -0.310 e. The summed E-state index contributed by atoms with van der Waals surface area (Å²) in [6.07, 6.45) is 9.74. The molecule has 3 aliphatic rings. The fraction of sp³-hybridized carbons (Fsp3) is 0.169. The molecule has 1 aliphatic carbocycles. The van der Waals surface area contributed by atoms with Gasteiger partial charge in [0.25, 0.3) is 6.71 Å². The molecule has 16 rings (SSSR count). The maximum Gasteiger partial charge on any atom is 0.264 e. The summed E-state index contributed by atoms with van der Waals surface area (Å²) in [4.78, 5) is 16.9. The van der Waals surface area contributed by atoms with E-state index in [1.807, 2.05) is 36.1 Å². The fourth-order valence-corrected chi connectivity index (χ4v) is 15.3. The number of benzene rings is 7. The Morgan fingerprint density at radius 2 is 1.16 bits per heavy atom. The van der Waals surface area contributed by atoms with Gasteiger partial charge in [0.05, 0.1) is 33.6 Å². The topological polar surface area (TPSA) is 51.8 Å². The first kappa shape index (κ1) is 46.5. The summed E-state index contributed by atoms with van der Waals surface area (Å²) in [7, 11) is 0. The Morgan fingerprint density at radius 3 is 1.90 bits per heavy atom. The van der Waals surface area contributed by atoms with Crippen molar-refractivity contribution < 1.29 is 0 Å². The summed E-state index contributed by atoms with van der Waals surface area (Å²) in [5.74, 6) is 0. The zero-order chi connectivity index (χ0) is 53.3. The summed E-state index contributed by atoms with van der Waals surface area (Å²) in [6, 6.07) is 64.4. The molecule has 79 heavy (non-hydrogen) atoms. The zero-order valence-corrected chi connectivity index (χ0v) is 46.4. The Hall–Kier alpha value is -8.59. The van der Waals surface area contributed by atoms with Crippen LogP contribution in [0.15, 0.2) is 195 Å². The van der Waals surface area contributed by atoms with Crippen LogP contribution in [-0.2, 0) is 16.2 Å². The van der Waals surface area contributed by atoms with Crippen molar-refractivity contribution in [3.63, 3.8) is 0 Å². The van der Waals surface area contributed by atoms with Gasteiger partial charge in [0.2, 0.25) is 0 Å². The van der Waals surface area contributed by atoms with Crippen molar-refractivity contribution in [1.29, 1.82) is 0 Å². The molecule has 8 heterocycles. The minimum absolute atomic E-state index is 0.00205. The maximum absolute atomic E-state index is 5.38. The van der Waals surface area contributed by atoms with E-state index in [0.29, 0.717) is 0 Å². The van der Waals surface area contributed by atoms with Gasteiger partial charge in [-0.05, 0) is 165 Å². The van der Waals surface area contributed by atoms with E-state index in [1.165, 1.54) is 109 Å². The van der Waals surface area contributed by atoms with E-state index >= 15 is 0 Å². The fourth-order valence-electron chi connectivity index (χ4n) is 14.0. The van der Waals surface area contributed by atoms with Gasteiger partial charge in [-0.25, -0.2) is 4.98 Å². The van der Waals surface area contributed by atoms with Crippen molar-refractivity contribution in [3.05, 3.63) is 211 Å². The lowest BCUT2D eigenvalue weighted by molar-refractivity contribution is 0.332. The Morgan fingerprint density at radius 1 is 0.506 bits per heavy atom. The largest absolute Gasteiger partial charge is 0.310 e. The van der Waals surface area contributed by atoms with E-state index in [2.05, 4.69) is 242 Å². The molecule has 0 amide bonds. The third kappa shape index (κ3) is 6.74. The van der Waals surface area contributed by atoms with Gasteiger partial charge in [0, 0.05) is 101 Å². The van der Waals surface area contributed by atoms with Crippen molar-refractivity contribution in [2.24, 2.45) is 0 Å². The molecule has 0 radical (unpaired) electrons. The average Bonchev–Trinajstić information content (AvgIpc) is 2.47. The highest BCUT2D eigenvalue weighted by atomic mass is 32.1. The monoisotopic (exact) mass is 1040 g/mol. The second-order valence-electron chi connectivity index (χ2n) is 24.7. The van der Waals surface area contributed by atoms with Crippen LogP contribution < -0.4 is 20.6 Å². The number of rotatable bonds is 5. The molecule has 0 atom stereocenters. The van der Waals surface area contributed by atoms with Crippen LogP contribution >= 0.6 is 11.3 Å². The molecule has 0 saturated carbocycles. The molecule has 0 saturated heterocycles. The van der Waals surface area contributed by atoms with Gasteiger partial charge in [0.15, 0.2) is 0 Å². The van der Waals surface area contributed by atoms with Gasteiger partial charge in [-0.2, -0.15) is 0 Å². The molecule has 0 N–H and O–H groups in total. The van der Waals surface area contributed by atoms with E-state index in [0.717, 1.165) is 52.2 Å². The average molecular weight is 1040 g/mol. The predicted octanol–water partition coefficient (Wildman–Crippen LogP) is 16.5. The van der Waals surface area contributed by atoms with Crippen molar-refractivity contribution in [2.45, 2.75) is 77.6 Å². The highest BCUT2D eigenvalue weighted by Crippen LogP contribution is 2.53. The van der Waals surface area contributed by atoms with Crippen LogP contribution in [0.4, 0.5) is 17.1 Å². The third-order valence-corrected chi connectivity index (χ3v) is 19.3. The number of thiophene rings is 1. The Labute approximate surface area is 464 Å². The first-order valence-corrected chi connectivity index (χ1v) is 28.7. The Balaban J connectivity index is 1.09. The van der Waals surface area contributed by atoms with Gasteiger partial charge >= 0.3 is 0 Å². The first-order valence-electron chi connectivity index (χ1n) is 27.9. The molecule has 0 fully saturated rings. The van der Waals surface area contributed by atoms with Gasteiger partial charge in [0.1, 0.15) is 0 Å². The lowest BCUT2D eigenvalue weighted by atomic mass is 9.36. The first-order chi connectivity index (χ1) is 38.3. The molecule has 0 spiro atoms. The smallest absolute Gasteiger partial charge is 0.264 e. The number of hydrogen-bond donors (Lipinski definition) is 0. The van der Waals surface area contributed by atoms with Crippen molar-refractivity contribution >= 4 is 105 Å². The maximum atomic E-state index is 5.38. The van der Waals surface area contributed by atoms with Crippen LogP contribution in [0.5, 0.6) is 0 Å². The van der Waals surface area contributed by atoms with Crippen molar-refractivity contribution in [3.8, 4) is 45.0 Å². The predicted molar refractivity (Wildman–Crippen MR) is 334 cm³/mol. The van der Waals surface area contributed by atoms with Crippen molar-refractivity contribution in [1.82, 2.24) is 24.1 Å². The molecular weight excluding hydrogens is 980 g/mol. The highest BCUT2D eigenvalue weighted by molar-refractivity contribution is 7.33. The molecule has 0 unspecified atom stereocenters. The van der Waals surface area contributed by atoms with Gasteiger partial charge < -0.3 is 14.0 Å². The van der Waals surface area contributed by atoms with Crippen LogP contribution in [0.2, 0.25) is 0 Å². The number of aromatic nitrogens is 5. The zero-order valence-electron chi connectivity index (χ0n) is 45.6. The molecule has 0 bridgehead atoms. The SMILES string of the molecule is CC(C)(C)c1ccc2sc3c(c2c1)N(c1ccc2c(c1)C(C)(C)CCC2(C)C)c1cc(-c2cc(-c4ccncc4)nc(-c4ccncc4)c2)cc2c1B3c1cccc3c4ccc5c(c6ccccc6n5-c5ccccc5)c4n-2c13. The van der Waals surface area contributed by atoms with E-state index in [1.54, 1.807) is 0 Å². The highest BCUT2D eigenvalue weighted by Gasteiger charge is 2.46. The normalized spacial score (nSPS) is 15.1. The Kier molecular flexibility index (Phi) is 9.70. The summed E-state index contributed by atoms with van der Waals surface area (Å²) in [5, 5.41) is 6.32. The van der Waals surface area contributed by atoms with E-state index in [4.69, 9.17) is 4.98 Å². The van der Waals surface area contributed by atoms with Crippen LogP contribution in [0.3, 0.4) is 0 Å². The van der Waals surface area contributed by atoms with Gasteiger partial charge in [-0.15, -0.1) is 11.3 Å². The number of anilines is 3. The molecule has 2 aliphatic heterocycles. The summed E-state index contributed by atoms with van der Waals surface area (Å²) >= 11 is 1.98. The van der Waals surface area contributed by atoms with E-state index in [-0.39, 0.29) is 23.0 Å². The van der Waals surface area contributed by atoms with Crippen LogP contribution in [0, 0.1) is 0 Å². The molecule has 380 valence electrons. The Bertz CT molecular complexity index is 4650. The number of fused-ring (bicyclic) bond motifs is 14. The summed E-state index contributed by atoms with van der Waals surface area (Å²) in [6.45, 7) is 16.8. The number of para-hydroxylation sites is 3. The van der Waals surface area contributed by atoms with Gasteiger partial charge in [-0.1, -0.05) is 121 Å². The second kappa shape index (κ2) is 16.5. The summed E-state index contributed by atoms with van der Waals surface area (Å²) in [5.41, 5.74) is 23.9. The lowest BCUT2D eigenvalue weighted by Crippen LogP contribution is -2.59. The molecular formula is C71H57BN6S. The van der Waals surface area contributed by atoms with Crippen LogP contribution in [0.25, 0.3) is 98.7 Å². The van der Waals surface area contributed by atoms with Crippen molar-refractivity contribution in [2.75, 3.05) is 4.90 Å². The number of pyridine rings is 3. The second-order valence-corrected chi connectivity index (χ2v) is 25.8. The lowest BCUT2D eigenvalue weighted by Gasteiger charge is -2.43. The molecule has 8 heteroatoms.